The van der Waals surface area contributed by atoms with E-state index in [1.54, 1.807) is 6.20 Å². The van der Waals surface area contributed by atoms with Crippen LogP contribution in [0.5, 0.6) is 0 Å². The van der Waals surface area contributed by atoms with Crippen LogP contribution in [0.1, 0.15) is 48.9 Å². The van der Waals surface area contributed by atoms with Gasteiger partial charge in [0.1, 0.15) is 12.0 Å². The predicted molar refractivity (Wildman–Crippen MR) is 98.1 cm³/mol. The minimum atomic E-state index is -1.12. The summed E-state index contributed by atoms with van der Waals surface area (Å²) in [7, 11) is 0. The fraction of sp³-hybridized carbons (Fsp3) is 0.500. The van der Waals surface area contributed by atoms with E-state index in [1.165, 1.54) is 10.7 Å². The molecule has 2 aromatic rings. The highest BCUT2D eigenvalue weighted by Gasteiger charge is 2.34. The molecule has 1 saturated heterocycles. The fourth-order valence-electron chi connectivity index (χ4n) is 4.37. The van der Waals surface area contributed by atoms with Gasteiger partial charge in [0.15, 0.2) is 0 Å². The number of nitrogens with one attached hydrogen (secondary N) is 1. The number of benzene rings is 1. The predicted octanol–water partition coefficient (Wildman–Crippen LogP) is 2.51. The highest BCUT2D eigenvalue weighted by Crippen LogP contribution is 2.35. The average Bonchev–Trinajstić information content (AvgIpc) is 3.05. The van der Waals surface area contributed by atoms with Gasteiger partial charge in [-0.2, -0.15) is 5.10 Å². The molecule has 0 bridgehead atoms. The Kier molecular flexibility index (Phi) is 4.50. The van der Waals surface area contributed by atoms with E-state index >= 15 is 0 Å². The Morgan fingerprint density at radius 1 is 1.44 bits per heavy atom. The van der Waals surface area contributed by atoms with E-state index in [1.807, 2.05) is 12.1 Å². The van der Waals surface area contributed by atoms with E-state index in [9.17, 15) is 13.6 Å². The van der Waals surface area contributed by atoms with Crippen molar-refractivity contribution in [3.05, 3.63) is 47.0 Å². The highest BCUT2D eigenvalue weighted by atomic mass is 19.1. The number of amides is 1. The van der Waals surface area contributed by atoms with Gasteiger partial charge in [0.25, 0.3) is 0 Å². The largest absolute Gasteiger partial charge is 0.369 e. The summed E-state index contributed by atoms with van der Waals surface area (Å²) >= 11 is 0. The number of alkyl halides is 1. The van der Waals surface area contributed by atoms with Crippen LogP contribution in [0, 0.1) is 5.82 Å². The molecule has 1 aromatic heterocycles. The zero-order valence-electron chi connectivity index (χ0n) is 15.3. The van der Waals surface area contributed by atoms with Crippen molar-refractivity contribution in [1.29, 1.82) is 0 Å². The van der Waals surface area contributed by atoms with Crippen LogP contribution in [0.4, 0.5) is 8.78 Å². The van der Waals surface area contributed by atoms with Gasteiger partial charge in [0.2, 0.25) is 5.91 Å². The Hall–Kier alpha value is -2.28. The molecule has 144 valence electrons. The lowest BCUT2D eigenvalue weighted by atomic mass is 9.76. The Morgan fingerprint density at radius 3 is 2.93 bits per heavy atom. The topological polar surface area (TPSA) is 72.9 Å². The highest BCUT2D eigenvalue weighted by molar-refractivity contribution is 5.82. The minimum Gasteiger partial charge on any atom is -0.369 e. The Balaban J connectivity index is 1.68. The molecule has 4 rings (SSSR count). The number of rotatable bonds is 3. The van der Waals surface area contributed by atoms with Crippen molar-refractivity contribution < 1.29 is 13.6 Å². The lowest BCUT2D eigenvalue weighted by molar-refractivity contribution is -0.120. The van der Waals surface area contributed by atoms with Crippen LogP contribution in [0.25, 0.3) is 5.69 Å². The number of primary amides is 1. The number of fused-ring (bicyclic) bond motifs is 1. The first-order valence-corrected chi connectivity index (χ1v) is 9.40. The van der Waals surface area contributed by atoms with Gasteiger partial charge >= 0.3 is 0 Å². The molecule has 1 aromatic carbocycles. The fourth-order valence-corrected chi connectivity index (χ4v) is 4.37. The number of carbonyl (C=O) groups is 1. The number of hydrogen-bond acceptors (Lipinski definition) is 3. The van der Waals surface area contributed by atoms with E-state index < -0.39 is 18.0 Å². The van der Waals surface area contributed by atoms with Crippen LogP contribution in [0.2, 0.25) is 0 Å². The zero-order chi connectivity index (χ0) is 19.2. The third-order valence-corrected chi connectivity index (χ3v) is 5.89. The lowest BCUT2D eigenvalue weighted by Crippen LogP contribution is -2.41. The van der Waals surface area contributed by atoms with Crippen molar-refractivity contribution in [2.24, 2.45) is 5.73 Å². The zero-order valence-corrected chi connectivity index (χ0v) is 15.3. The molecule has 2 heterocycles. The number of hydrogen-bond donors (Lipinski definition) is 2. The van der Waals surface area contributed by atoms with Crippen molar-refractivity contribution in [3.63, 3.8) is 0 Å². The van der Waals surface area contributed by atoms with Crippen LogP contribution in [-0.2, 0) is 16.6 Å². The maximum Gasteiger partial charge on any atom is 0.226 e. The van der Waals surface area contributed by atoms with E-state index in [4.69, 9.17) is 5.73 Å². The molecule has 3 N–H and O–H groups in total. The molecule has 1 fully saturated rings. The molecule has 3 unspecified atom stereocenters. The molecule has 5 nitrogen and oxygen atoms in total. The smallest absolute Gasteiger partial charge is 0.226 e. The first-order chi connectivity index (χ1) is 12.9. The summed E-state index contributed by atoms with van der Waals surface area (Å²) in [6.07, 6.45) is 2.76. The summed E-state index contributed by atoms with van der Waals surface area (Å²) in [5, 5.41) is 7.77. The second-order valence-corrected chi connectivity index (χ2v) is 7.98. The normalized spacial score (nSPS) is 28.0. The Morgan fingerprint density at radius 2 is 2.26 bits per heavy atom. The van der Waals surface area contributed by atoms with Gasteiger partial charge in [0, 0.05) is 24.6 Å². The second kappa shape index (κ2) is 6.71. The van der Waals surface area contributed by atoms with Gasteiger partial charge in [0.05, 0.1) is 17.3 Å². The van der Waals surface area contributed by atoms with Crippen LogP contribution < -0.4 is 11.1 Å². The third-order valence-electron chi connectivity index (χ3n) is 5.89. The molecular formula is C20H24F2N4O. The summed E-state index contributed by atoms with van der Waals surface area (Å²) in [5.74, 6) is -1.59. The van der Waals surface area contributed by atoms with Crippen molar-refractivity contribution in [3.8, 4) is 5.69 Å². The van der Waals surface area contributed by atoms with E-state index in [0.717, 1.165) is 25.9 Å². The first-order valence-electron chi connectivity index (χ1n) is 9.40. The summed E-state index contributed by atoms with van der Waals surface area (Å²) in [6.45, 7) is 3.78. The molecule has 0 spiro atoms. The van der Waals surface area contributed by atoms with Crippen molar-refractivity contribution in [2.75, 3.05) is 13.1 Å². The lowest BCUT2D eigenvalue weighted by Gasteiger charge is -2.35. The van der Waals surface area contributed by atoms with Crippen molar-refractivity contribution in [2.45, 2.75) is 50.1 Å². The van der Waals surface area contributed by atoms with E-state index in [0.29, 0.717) is 22.5 Å². The van der Waals surface area contributed by atoms with Gasteiger partial charge < -0.3 is 11.1 Å². The summed E-state index contributed by atoms with van der Waals surface area (Å²) in [6, 6.07) is 5.09. The monoisotopic (exact) mass is 374 g/mol. The molecule has 7 heteroatoms. The summed E-state index contributed by atoms with van der Waals surface area (Å²) in [4.78, 5) is 11.7. The van der Waals surface area contributed by atoms with Gasteiger partial charge in [-0.05, 0) is 49.1 Å². The maximum absolute atomic E-state index is 14.9. The molecule has 1 aliphatic carbocycles. The summed E-state index contributed by atoms with van der Waals surface area (Å²) < 4.78 is 30.4. The number of aromatic nitrogens is 2. The number of carbonyl (C=O) groups excluding carboxylic acids is 1. The number of nitrogens with two attached hydrogens (primary N) is 1. The van der Waals surface area contributed by atoms with E-state index in [-0.39, 0.29) is 24.1 Å². The summed E-state index contributed by atoms with van der Waals surface area (Å²) in [5.41, 5.74) is 7.58. The Labute approximate surface area is 156 Å². The number of halogens is 2. The van der Waals surface area contributed by atoms with Gasteiger partial charge in [-0.25, -0.2) is 13.5 Å². The quantitative estimate of drug-likeness (QED) is 0.867. The van der Waals surface area contributed by atoms with Gasteiger partial charge in [-0.15, -0.1) is 0 Å². The van der Waals surface area contributed by atoms with Crippen molar-refractivity contribution >= 4 is 5.91 Å². The van der Waals surface area contributed by atoms with Crippen LogP contribution in [0.3, 0.4) is 0 Å². The number of nitrogens with zero attached hydrogens (tertiary/aromatic N) is 2. The molecule has 2 aliphatic rings. The van der Waals surface area contributed by atoms with Gasteiger partial charge in [-0.1, -0.05) is 13.0 Å². The van der Waals surface area contributed by atoms with Crippen molar-refractivity contribution in [1.82, 2.24) is 15.1 Å². The second-order valence-electron chi connectivity index (χ2n) is 7.98. The van der Waals surface area contributed by atoms with Crippen LogP contribution >= 0.6 is 0 Å². The molecule has 0 saturated carbocycles. The number of piperidine rings is 1. The molecular weight excluding hydrogens is 350 g/mol. The van der Waals surface area contributed by atoms with Crippen LogP contribution in [0.15, 0.2) is 24.4 Å². The van der Waals surface area contributed by atoms with E-state index in [2.05, 4.69) is 17.3 Å². The third kappa shape index (κ3) is 3.25. The molecule has 3 atom stereocenters. The first kappa shape index (κ1) is 18.1. The maximum atomic E-state index is 14.9. The van der Waals surface area contributed by atoms with Gasteiger partial charge in [-0.3, -0.25) is 4.79 Å². The minimum absolute atomic E-state index is 0.0536. The molecule has 0 radical (unpaired) electrons. The standard InChI is InChI=1S/C20H24F2N4O/c1-20(5-2-6-24-11-20)16-4-3-14(9-17(16)22)26-10-12-7-13(21)8-15(19(23)27)18(12)25-26/h3-4,9-10,13,15,24H,2,5-8,11H2,1H3,(H2,23,27). The molecule has 27 heavy (non-hydrogen) atoms. The molecule has 1 amide bonds. The SMILES string of the molecule is CC1(c2ccc(-n3cc4c(n3)C(C(N)=O)CC(F)C4)cc2F)CCCNC1. The average molecular weight is 374 g/mol. The Bertz CT molecular complexity index is 873. The molecule has 1 aliphatic heterocycles. The van der Waals surface area contributed by atoms with Crippen LogP contribution in [-0.4, -0.2) is 34.9 Å².